The minimum atomic E-state index is -0.748. The molecule has 1 aromatic rings. The molecule has 0 fully saturated rings. The van der Waals surface area contributed by atoms with Crippen molar-refractivity contribution >= 4 is 0 Å². The maximum Gasteiger partial charge on any atom is 0.164 e. The second-order valence-corrected chi connectivity index (χ2v) is 1.38. The molecule has 1 rings (SSSR count). The summed E-state index contributed by atoms with van der Waals surface area (Å²) in [6, 6.07) is 3.48. The third-order valence-electron chi connectivity index (χ3n) is 0.792. The number of benzene rings is 1. The number of phenolic OH excluding ortho intramolecular Hbond substituents is 1. The van der Waals surface area contributed by atoms with Crippen LogP contribution in [0.15, 0.2) is 24.2 Å². The van der Waals surface area contributed by atoms with Crippen LogP contribution < -0.4 is 0 Å². The van der Waals surface area contributed by atoms with E-state index in [1.807, 2.05) is 0 Å². The molecule has 8 heavy (non-hydrogen) atoms. The van der Waals surface area contributed by atoms with Gasteiger partial charge in [0, 0.05) is 0 Å². The van der Waals surface area contributed by atoms with Crippen LogP contribution in [0.5, 0.6) is 5.75 Å². The highest BCUT2D eigenvalue weighted by molar-refractivity contribution is 5.21. The van der Waals surface area contributed by atoms with Gasteiger partial charge >= 0.3 is 0 Å². The predicted molar refractivity (Wildman–Crippen MR) is 28.1 cm³/mol. The van der Waals surface area contributed by atoms with Crippen molar-refractivity contribution in [2.24, 2.45) is 0 Å². The molecule has 0 aliphatic carbocycles. The lowest BCUT2D eigenvalue weighted by Gasteiger charge is -1.88. The maximum atomic E-state index is 12.2. The van der Waals surface area contributed by atoms with Crippen LogP contribution in [0, 0.1) is 5.82 Å². The Labute approximate surface area is 47.8 Å². The van der Waals surface area contributed by atoms with Crippen molar-refractivity contribution in [1.82, 2.24) is 0 Å². The van der Waals surface area contributed by atoms with E-state index in [0.717, 1.165) is 12.1 Å². The molecular formula is C6H5FO. The van der Waals surface area contributed by atoms with E-state index >= 15 is 0 Å². The van der Waals surface area contributed by atoms with Gasteiger partial charge in [0.2, 0.25) is 0 Å². The number of hydrogen-bond donors (Lipinski definition) is 1. The number of phenols is 1. The van der Waals surface area contributed by atoms with E-state index in [1.54, 1.807) is 0 Å². The lowest BCUT2D eigenvalue weighted by Crippen LogP contribution is -1.70. The standard InChI is InChI=1S/C6H5FO/c7-5-3-1-2-4-6(5)8/h1-4,8H/i1D. The average Bonchev–Trinajstić information content (AvgIpc) is 1.80. The highest BCUT2D eigenvalue weighted by Gasteiger charge is 1.91. The first-order valence-electron chi connectivity index (χ1n) is 2.65. The fourth-order valence-electron chi connectivity index (χ4n) is 0.402. The second kappa shape index (κ2) is 1.82. The van der Waals surface area contributed by atoms with Gasteiger partial charge in [-0.25, -0.2) is 4.39 Å². The first-order valence-corrected chi connectivity index (χ1v) is 2.15. The van der Waals surface area contributed by atoms with E-state index in [1.165, 1.54) is 6.07 Å². The van der Waals surface area contributed by atoms with Crippen LogP contribution in [0.25, 0.3) is 0 Å². The molecule has 0 aliphatic rings. The fourth-order valence-corrected chi connectivity index (χ4v) is 0.402. The van der Waals surface area contributed by atoms with Crippen LogP contribution in [0.4, 0.5) is 4.39 Å². The molecule has 0 saturated carbocycles. The highest BCUT2D eigenvalue weighted by atomic mass is 19.1. The summed E-state index contributed by atoms with van der Waals surface area (Å²) in [5, 5.41) is 8.59. The molecule has 0 bridgehead atoms. The Bertz CT molecular complexity index is 224. The molecule has 0 unspecified atom stereocenters. The molecule has 2 heteroatoms. The molecule has 0 amide bonds. The van der Waals surface area contributed by atoms with Gasteiger partial charge in [0.05, 0.1) is 1.37 Å². The molecule has 0 aromatic heterocycles. The topological polar surface area (TPSA) is 20.2 Å². The molecule has 0 aliphatic heterocycles. The van der Waals surface area contributed by atoms with Gasteiger partial charge in [-0.15, -0.1) is 0 Å². The first kappa shape index (κ1) is 3.89. The second-order valence-electron chi connectivity index (χ2n) is 1.38. The Morgan fingerprint density at radius 1 is 1.62 bits per heavy atom. The van der Waals surface area contributed by atoms with Gasteiger partial charge in [0.15, 0.2) is 11.6 Å². The number of aromatic hydroxyl groups is 1. The number of hydrogen-bond acceptors (Lipinski definition) is 1. The molecule has 0 spiro atoms. The minimum absolute atomic E-state index is 0.0605. The summed E-state index contributed by atoms with van der Waals surface area (Å²) < 4.78 is 19.1. The number of para-hydroxylation sites is 1. The van der Waals surface area contributed by atoms with Crippen molar-refractivity contribution < 1.29 is 10.9 Å². The number of rotatable bonds is 0. The van der Waals surface area contributed by atoms with Crippen LogP contribution in [-0.2, 0) is 0 Å². The molecule has 1 N–H and O–H groups in total. The van der Waals surface area contributed by atoms with Gasteiger partial charge in [-0.2, -0.15) is 0 Å². The highest BCUT2D eigenvalue weighted by Crippen LogP contribution is 2.11. The van der Waals surface area contributed by atoms with Crippen molar-refractivity contribution in [2.75, 3.05) is 0 Å². The lowest BCUT2D eigenvalue weighted by molar-refractivity contribution is 0.432. The molecule has 1 nitrogen and oxygen atoms in total. The Morgan fingerprint density at radius 3 is 2.88 bits per heavy atom. The molecular weight excluding hydrogens is 107 g/mol. The Kier molecular flexibility index (Phi) is 0.886. The fraction of sp³-hybridized carbons (Fsp3) is 0. The summed E-state index contributed by atoms with van der Waals surface area (Å²) in [5.41, 5.74) is 0. The van der Waals surface area contributed by atoms with Crippen molar-refractivity contribution in [3.63, 3.8) is 0 Å². The van der Waals surface area contributed by atoms with Crippen LogP contribution >= 0.6 is 0 Å². The lowest BCUT2D eigenvalue weighted by atomic mass is 10.3. The van der Waals surface area contributed by atoms with Gasteiger partial charge in [-0.05, 0) is 12.1 Å². The Morgan fingerprint density at radius 2 is 2.38 bits per heavy atom. The average molecular weight is 113 g/mol. The van der Waals surface area contributed by atoms with Crippen LogP contribution in [-0.4, -0.2) is 5.11 Å². The van der Waals surface area contributed by atoms with E-state index in [4.69, 9.17) is 6.48 Å². The predicted octanol–water partition coefficient (Wildman–Crippen LogP) is 1.53. The van der Waals surface area contributed by atoms with Crippen LogP contribution in [0.2, 0.25) is 0 Å². The largest absolute Gasteiger partial charge is 0.505 e. The van der Waals surface area contributed by atoms with Crippen molar-refractivity contribution in [2.45, 2.75) is 0 Å². The molecule has 0 heterocycles. The summed E-state index contributed by atoms with van der Waals surface area (Å²) >= 11 is 0. The molecule has 0 saturated heterocycles. The van der Waals surface area contributed by atoms with Gasteiger partial charge in [-0.3, -0.25) is 0 Å². The zero-order valence-corrected chi connectivity index (χ0v) is 4.06. The van der Waals surface area contributed by atoms with E-state index in [2.05, 4.69) is 0 Å². The smallest absolute Gasteiger partial charge is 0.164 e. The van der Waals surface area contributed by atoms with E-state index in [0.29, 0.717) is 0 Å². The van der Waals surface area contributed by atoms with E-state index < -0.39 is 11.6 Å². The summed E-state index contributed by atoms with van der Waals surface area (Å²) in [5.74, 6) is -1.16. The first-order chi connectivity index (χ1) is 4.20. The molecule has 1 aromatic carbocycles. The normalized spacial score (nSPS) is 10.9. The van der Waals surface area contributed by atoms with Crippen molar-refractivity contribution in [3.8, 4) is 5.75 Å². The van der Waals surface area contributed by atoms with Crippen molar-refractivity contribution in [3.05, 3.63) is 30.1 Å². The van der Waals surface area contributed by atoms with E-state index in [9.17, 15) is 4.39 Å². The summed E-state index contributed by atoms with van der Waals surface area (Å²) in [6.07, 6.45) is 0. The zero-order chi connectivity index (χ0) is 6.85. The number of halogens is 1. The SMILES string of the molecule is [2H]c1ccc(O)c(F)c1. The van der Waals surface area contributed by atoms with E-state index in [-0.39, 0.29) is 6.04 Å². The third-order valence-corrected chi connectivity index (χ3v) is 0.792. The Hall–Kier alpha value is -1.05. The monoisotopic (exact) mass is 113 g/mol. The quantitative estimate of drug-likeness (QED) is 0.541. The minimum Gasteiger partial charge on any atom is -0.505 e. The molecule has 42 valence electrons. The van der Waals surface area contributed by atoms with Gasteiger partial charge < -0.3 is 5.11 Å². The van der Waals surface area contributed by atoms with Gasteiger partial charge in [0.25, 0.3) is 0 Å². The zero-order valence-electron chi connectivity index (χ0n) is 5.06. The Balaban J connectivity index is 3.17. The van der Waals surface area contributed by atoms with Crippen LogP contribution in [0.3, 0.4) is 0 Å². The molecule has 0 atom stereocenters. The summed E-state index contributed by atoms with van der Waals surface area (Å²) in [7, 11) is 0. The summed E-state index contributed by atoms with van der Waals surface area (Å²) in [4.78, 5) is 0. The molecule has 0 radical (unpaired) electrons. The van der Waals surface area contributed by atoms with Gasteiger partial charge in [-0.1, -0.05) is 12.1 Å². The summed E-state index contributed by atoms with van der Waals surface area (Å²) in [6.45, 7) is 0. The maximum absolute atomic E-state index is 12.2. The van der Waals surface area contributed by atoms with Gasteiger partial charge in [0.1, 0.15) is 0 Å². The van der Waals surface area contributed by atoms with Crippen LogP contribution in [0.1, 0.15) is 1.37 Å². The van der Waals surface area contributed by atoms with Crippen molar-refractivity contribution in [1.29, 1.82) is 0 Å². The third kappa shape index (κ3) is 0.780.